The summed E-state index contributed by atoms with van der Waals surface area (Å²) < 4.78 is 0. The molecular formula is C21H30N2. The van der Waals surface area contributed by atoms with Crippen LogP contribution in [-0.4, -0.2) is 25.0 Å². The number of rotatable bonds is 9. The Hall–Kier alpha value is -1.64. The van der Waals surface area contributed by atoms with Crippen LogP contribution < -0.4 is 5.32 Å². The zero-order chi connectivity index (χ0) is 16.5. The maximum absolute atomic E-state index is 3.37. The van der Waals surface area contributed by atoms with Crippen molar-refractivity contribution in [2.24, 2.45) is 5.41 Å². The highest BCUT2D eigenvalue weighted by molar-refractivity contribution is 5.17. The summed E-state index contributed by atoms with van der Waals surface area (Å²) in [4.78, 5) is 2.57. The molecule has 0 aliphatic carbocycles. The molecule has 2 nitrogen and oxygen atoms in total. The summed E-state index contributed by atoms with van der Waals surface area (Å²) in [6, 6.07) is 21.6. The molecule has 2 rings (SSSR count). The van der Waals surface area contributed by atoms with Crippen molar-refractivity contribution in [3.63, 3.8) is 0 Å². The van der Waals surface area contributed by atoms with E-state index in [4.69, 9.17) is 0 Å². The molecule has 1 atom stereocenters. The summed E-state index contributed by atoms with van der Waals surface area (Å²) >= 11 is 0. The van der Waals surface area contributed by atoms with Gasteiger partial charge in [-0.2, -0.15) is 0 Å². The lowest BCUT2D eigenvalue weighted by atomic mass is 9.86. The van der Waals surface area contributed by atoms with Crippen LogP contribution >= 0.6 is 0 Å². The van der Waals surface area contributed by atoms with E-state index >= 15 is 0 Å². The lowest BCUT2D eigenvalue weighted by molar-refractivity contribution is 0.144. The lowest BCUT2D eigenvalue weighted by Gasteiger charge is -2.35. The molecule has 0 saturated carbocycles. The molecule has 1 unspecified atom stereocenters. The zero-order valence-corrected chi connectivity index (χ0v) is 14.8. The average Bonchev–Trinajstić information content (AvgIpc) is 2.57. The molecule has 0 aromatic heterocycles. The fourth-order valence-electron chi connectivity index (χ4n) is 3.11. The first-order chi connectivity index (χ1) is 11.1. The third kappa shape index (κ3) is 5.81. The van der Waals surface area contributed by atoms with Crippen LogP contribution in [0.4, 0.5) is 0 Å². The second-order valence-electron chi connectivity index (χ2n) is 6.81. The van der Waals surface area contributed by atoms with Gasteiger partial charge in [0.2, 0.25) is 0 Å². The van der Waals surface area contributed by atoms with Gasteiger partial charge in [-0.15, -0.1) is 0 Å². The molecule has 0 amide bonds. The smallest absolute Gasteiger partial charge is 0.0237 e. The number of nitrogens with zero attached hydrogens (tertiary/aromatic N) is 1. The quantitative estimate of drug-likeness (QED) is 0.742. The molecule has 0 aliphatic rings. The lowest BCUT2D eigenvalue weighted by Crippen LogP contribution is -2.40. The number of hydrogen-bond acceptors (Lipinski definition) is 2. The largest absolute Gasteiger partial charge is 0.319 e. The Morgan fingerprint density at radius 1 is 0.870 bits per heavy atom. The molecule has 0 fully saturated rings. The SMILES string of the molecule is CCC(C)(CNC)CN(Cc1ccccc1)Cc1ccccc1. The van der Waals surface area contributed by atoms with E-state index in [0.29, 0.717) is 0 Å². The van der Waals surface area contributed by atoms with Crippen LogP contribution in [-0.2, 0) is 13.1 Å². The van der Waals surface area contributed by atoms with Crippen molar-refractivity contribution in [3.8, 4) is 0 Å². The summed E-state index contributed by atoms with van der Waals surface area (Å²) in [5.74, 6) is 0. The van der Waals surface area contributed by atoms with E-state index in [2.05, 4.69) is 84.7 Å². The zero-order valence-electron chi connectivity index (χ0n) is 14.8. The summed E-state index contributed by atoms with van der Waals surface area (Å²) in [6.45, 7) is 8.80. The molecule has 2 aromatic rings. The van der Waals surface area contributed by atoms with Crippen molar-refractivity contribution in [2.75, 3.05) is 20.1 Å². The second kappa shape index (κ2) is 8.85. The fourth-order valence-corrected chi connectivity index (χ4v) is 3.11. The third-order valence-corrected chi connectivity index (χ3v) is 4.56. The van der Waals surface area contributed by atoms with Crippen LogP contribution in [0, 0.1) is 5.41 Å². The molecular weight excluding hydrogens is 280 g/mol. The maximum Gasteiger partial charge on any atom is 0.0237 e. The van der Waals surface area contributed by atoms with Crippen LogP contribution in [0.3, 0.4) is 0 Å². The molecule has 0 saturated heterocycles. The fraction of sp³-hybridized carbons (Fsp3) is 0.429. The second-order valence-corrected chi connectivity index (χ2v) is 6.81. The van der Waals surface area contributed by atoms with Gasteiger partial charge in [0, 0.05) is 26.2 Å². The van der Waals surface area contributed by atoms with Crippen molar-refractivity contribution < 1.29 is 0 Å². The Balaban J connectivity index is 2.13. The first-order valence-corrected chi connectivity index (χ1v) is 8.60. The molecule has 0 radical (unpaired) electrons. The van der Waals surface area contributed by atoms with Gasteiger partial charge in [-0.1, -0.05) is 74.5 Å². The maximum atomic E-state index is 3.37. The van der Waals surface area contributed by atoms with E-state index in [1.54, 1.807) is 0 Å². The summed E-state index contributed by atoms with van der Waals surface area (Å²) in [6.07, 6.45) is 1.17. The molecule has 0 heterocycles. The normalized spacial score (nSPS) is 13.9. The predicted octanol–water partition coefficient (Wildman–Crippen LogP) is 4.32. The van der Waals surface area contributed by atoms with Crippen LogP contribution in [0.25, 0.3) is 0 Å². The van der Waals surface area contributed by atoms with Gasteiger partial charge < -0.3 is 5.32 Å². The monoisotopic (exact) mass is 310 g/mol. The topological polar surface area (TPSA) is 15.3 Å². The minimum Gasteiger partial charge on any atom is -0.319 e. The standard InChI is InChI=1S/C21H30N2/c1-4-21(2,17-22-3)18-23(15-19-11-7-5-8-12-19)16-20-13-9-6-10-14-20/h5-14,22H,4,15-18H2,1-3H3. The number of benzene rings is 2. The van der Waals surface area contributed by atoms with Gasteiger partial charge in [0.25, 0.3) is 0 Å². The van der Waals surface area contributed by atoms with Gasteiger partial charge in [-0.25, -0.2) is 0 Å². The molecule has 1 N–H and O–H groups in total. The molecule has 2 aromatic carbocycles. The molecule has 2 heteroatoms. The first kappa shape index (κ1) is 17.7. The molecule has 0 aliphatic heterocycles. The van der Waals surface area contributed by atoms with Crippen LogP contribution in [0.1, 0.15) is 31.4 Å². The van der Waals surface area contributed by atoms with Gasteiger partial charge in [0.15, 0.2) is 0 Å². The van der Waals surface area contributed by atoms with E-state index in [0.717, 1.165) is 26.2 Å². The predicted molar refractivity (Wildman–Crippen MR) is 99.3 cm³/mol. The number of hydrogen-bond donors (Lipinski definition) is 1. The van der Waals surface area contributed by atoms with Crippen LogP contribution in [0.2, 0.25) is 0 Å². The minimum absolute atomic E-state index is 0.290. The molecule has 0 spiro atoms. The summed E-state index contributed by atoms with van der Waals surface area (Å²) in [7, 11) is 2.05. The van der Waals surface area contributed by atoms with Gasteiger partial charge in [0.1, 0.15) is 0 Å². The highest BCUT2D eigenvalue weighted by atomic mass is 15.1. The Morgan fingerprint density at radius 3 is 1.74 bits per heavy atom. The van der Waals surface area contributed by atoms with Crippen molar-refractivity contribution in [3.05, 3.63) is 71.8 Å². The van der Waals surface area contributed by atoms with Gasteiger partial charge in [-0.3, -0.25) is 4.90 Å². The molecule has 23 heavy (non-hydrogen) atoms. The van der Waals surface area contributed by atoms with E-state index < -0.39 is 0 Å². The molecule has 0 bridgehead atoms. The Kier molecular flexibility index (Phi) is 6.82. The highest BCUT2D eigenvalue weighted by Gasteiger charge is 2.24. The summed E-state index contributed by atoms with van der Waals surface area (Å²) in [5, 5.41) is 3.37. The minimum atomic E-state index is 0.290. The Morgan fingerprint density at radius 2 is 1.35 bits per heavy atom. The van der Waals surface area contributed by atoms with Crippen molar-refractivity contribution >= 4 is 0 Å². The van der Waals surface area contributed by atoms with Crippen LogP contribution in [0.15, 0.2) is 60.7 Å². The van der Waals surface area contributed by atoms with E-state index in [-0.39, 0.29) is 5.41 Å². The average molecular weight is 310 g/mol. The van der Waals surface area contributed by atoms with Gasteiger partial charge >= 0.3 is 0 Å². The third-order valence-electron chi connectivity index (χ3n) is 4.56. The first-order valence-electron chi connectivity index (χ1n) is 8.60. The number of nitrogens with one attached hydrogen (secondary N) is 1. The summed E-state index contributed by atoms with van der Waals surface area (Å²) in [5.41, 5.74) is 3.05. The molecule has 124 valence electrons. The van der Waals surface area contributed by atoms with E-state index in [9.17, 15) is 0 Å². The Labute approximate surface area is 141 Å². The van der Waals surface area contributed by atoms with Gasteiger partial charge in [0.05, 0.1) is 0 Å². The van der Waals surface area contributed by atoms with Crippen molar-refractivity contribution in [1.29, 1.82) is 0 Å². The van der Waals surface area contributed by atoms with Crippen molar-refractivity contribution in [2.45, 2.75) is 33.4 Å². The van der Waals surface area contributed by atoms with Crippen LogP contribution in [0.5, 0.6) is 0 Å². The highest BCUT2D eigenvalue weighted by Crippen LogP contribution is 2.24. The van der Waals surface area contributed by atoms with Crippen molar-refractivity contribution in [1.82, 2.24) is 10.2 Å². The van der Waals surface area contributed by atoms with Gasteiger partial charge in [-0.05, 0) is 30.0 Å². The van der Waals surface area contributed by atoms with E-state index in [1.165, 1.54) is 17.5 Å². The van der Waals surface area contributed by atoms with E-state index in [1.807, 2.05) is 7.05 Å². The Bertz CT molecular complexity index is 511.